The minimum absolute atomic E-state index is 0.152. The van der Waals surface area contributed by atoms with Gasteiger partial charge in [-0.1, -0.05) is 40.9 Å². The van der Waals surface area contributed by atoms with Gasteiger partial charge in [0.1, 0.15) is 11.8 Å². The van der Waals surface area contributed by atoms with Crippen LogP contribution in [-0.4, -0.2) is 24.4 Å². The number of aromatic nitrogens is 1. The number of aldehydes is 1. The summed E-state index contributed by atoms with van der Waals surface area (Å²) in [6.07, 6.45) is 1.79. The number of hydrogen-bond donors (Lipinski definition) is 1. The van der Waals surface area contributed by atoms with Crippen molar-refractivity contribution in [1.82, 2.24) is 3.97 Å². The average molecular weight is 527 g/mol. The Balaban J connectivity index is 1.62. The number of rotatable bonds is 7. The van der Waals surface area contributed by atoms with Gasteiger partial charge < -0.3 is 4.74 Å². The first-order chi connectivity index (χ1) is 16.7. The number of benzene rings is 3. The van der Waals surface area contributed by atoms with Gasteiger partial charge in [0.15, 0.2) is 17.7 Å². The van der Waals surface area contributed by atoms with E-state index in [4.69, 9.17) is 33.2 Å². The van der Waals surface area contributed by atoms with Gasteiger partial charge in [-0.05, 0) is 55.5 Å². The van der Waals surface area contributed by atoms with Crippen LogP contribution in [-0.2, 0) is 14.8 Å². The van der Waals surface area contributed by atoms with Crippen LogP contribution in [0.25, 0.3) is 10.9 Å². The minimum Gasteiger partial charge on any atom is -0.454 e. The molecule has 1 heterocycles. The lowest BCUT2D eigenvalue weighted by Gasteiger charge is -2.12. The van der Waals surface area contributed by atoms with Crippen molar-refractivity contribution in [2.45, 2.75) is 11.8 Å². The first-order valence-corrected chi connectivity index (χ1v) is 12.2. The summed E-state index contributed by atoms with van der Waals surface area (Å²) in [5, 5.41) is 13.3. The number of fused-ring (bicyclic) bond motifs is 1. The molecule has 0 spiro atoms. The molecule has 8 nitrogen and oxygen atoms in total. The van der Waals surface area contributed by atoms with E-state index < -0.39 is 10.0 Å². The average Bonchev–Trinajstić information content (AvgIpc) is 3.26. The zero-order valence-corrected chi connectivity index (χ0v) is 20.4. The maximum atomic E-state index is 13.1. The van der Waals surface area contributed by atoms with Crippen LogP contribution in [0.1, 0.15) is 5.56 Å². The molecular formula is C24H16Cl2N4O4S. The summed E-state index contributed by atoms with van der Waals surface area (Å²) >= 11 is 12.6. The molecule has 0 amide bonds. The number of carbonyl (C=O) groups excluding carboxylic acids is 1. The van der Waals surface area contributed by atoms with Crippen LogP contribution in [0.5, 0.6) is 11.5 Å². The summed E-state index contributed by atoms with van der Waals surface area (Å²) < 4.78 is 33.3. The Morgan fingerprint density at radius 2 is 1.77 bits per heavy atom. The Hall–Kier alpha value is -3.84. The number of anilines is 1. The van der Waals surface area contributed by atoms with Gasteiger partial charge in [0.05, 0.1) is 26.1 Å². The quantitative estimate of drug-likeness (QED) is 0.185. The molecule has 0 saturated heterocycles. The van der Waals surface area contributed by atoms with Crippen molar-refractivity contribution >= 4 is 61.8 Å². The van der Waals surface area contributed by atoms with E-state index in [-0.39, 0.29) is 26.4 Å². The van der Waals surface area contributed by atoms with Crippen molar-refractivity contribution in [2.24, 2.45) is 5.10 Å². The third kappa shape index (κ3) is 5.00. The molecule has 4 aromatic rings. The number of hydrogen-bond acceptors (Lipinski definition) is 7. The molecule has 0 radical (unpaired) electrons. The lowest BCUT2D eigenvalue weighted by molar-refractivity contribution is -0.102. The second kappa shape index (κ2) is 9.80. The van der Waals surface area contributed by atoms with Crippen LogP contribution < -0.4 is 10.2 Å². The molecule has 0 aliphatic carbocycles. The topological polar surface area (TPSA) is 114 Å². The highest BCUT2D eigenvalue weighted by molar-refractivity contribution is 7.90. The molecule has 11 heteroatoms. The highest BCUT2D eigenvalue weighted by Crippen LogP contribution is 2.39. The van der Waals surface area contributed by atoms with Gasteiger partial charge >= 0.3 is 0 Å². The first-order valence-electron chi connectivity index (χ1n) is 10.0. The fourth-order valence-corrected chi connectivity index (χ4v) is 5.15. The maximum Gasteiger partial charge on any atom is 0.268 e. The molecule has 1 N–H and O–H groups in total. The monoisotopic (exact) mass is 526 g/mol. The summed E-state index contributed by atoms with van der Waals surface area (Å²) in [5.74, 6) is 0.558. The third-order valence-corrected chi connectivity index (χ3v) is 7.22. The van der Waals surface area contributed by atoms with E-state index in [1.807, 2.05) is 6.92 Å². The Labute approximate surface area is 211 Å². The second-order valence-electron chi connectivity index (χ2n) is 7.36. The zero-order valence-electron chi connectivity index (χ0n) is 18.1. The Morgan fingerprint density at radius 3 is 2.40 bits per heavy atom. The van der Waals surface area contributed by atoms with Gasteiger partial charge in [-0.25, -0.2) is 12.4 Å². The number of nitrogens with one attached hydrogen (secondary N) is 1. The first kappa shape index (κ1) is 24.3. The Morgan fingerprint density at radius 1 is 1.09 bits per heavy atom. The van der Waals surface area contributed by atoms with Crippen molar-refractivity contribution in [2.75, 3.05) is 5.43 Å². The molecule has 0 unspecified atom stereocenters. The Kier molecular flexibility index (Phi) is 6.80. The normalized spacial score (nSPS) is 11.8. The number of nitriles is 1. The molecule has 0 saturated carbocycles. The fraction of sp³-hybridized carbons (Fsp3) is 0.0417. The summed E-state index contributed by atoms with van der Waals surface area (Å²) in [5.41, 5.74) is 3.97. The highest BCUT2D eigenvalue weighted by Gasteiger charge is 2.19. The van der Waals surface area contributed by atoms with Gasteiger partial charge in [-0.15, -0.1) is 0 Å². The Bertz CT molecular complexity index is 1600. The van der Waals surface area contributed by atoms with Crippen molar-refractivity contribution in [3.8, 4) is 17.6 Å². The van der Waals surface area contributed by atoms with Crippen LogP contribution in [0.4, 0.5) is 5.69 Å². The predicted octanol–water partition coefficient (Wildman–Crippen LogP) is 5.78. The van der Waals surface area contributed by atoms with Crippen LogP contribution in [0.3, 0.4) is 0 Å². The van der Waals surface area contributed by atoms with Crippen molar-refractivity contribution in [3.63, 3.8) is 0 Å². The van der Waals surface area contributed by atoms with Crippen LogP contribution >= 0.6 is 23.2 Å². The number of aryl methyl sites for hydroxylation is 1. The number of hydrazone groups is 1. The van der Waals surface area contributed by atoms with Crippen molar-refractivity contribution in [3.05, 3.63) is 82.5 Å². The molecule has 35 heavy (non-hydrogen) atoms. The minimum atomic E-state index is -3.77. The smallest absolute Gasteiger partial charge is 0.268 e. The SMILES string of the molecule is Cc1ccc(S(=O)(=O)n2ccc3cc(Oc4c(Cl)cc(NN=C(C#N)C=O)cc4Cl)ccc32)cc1. The lowest BCUT2D eigenvalue weighted by Crippen LogP contribution is -2.11. The van der Waals surface area contributed by atoms with E-state index in [9.17, 15) is 13.2 Å². The molecule has 176 valence electrons. The summed E-state index contributed by atoms with van der Waals surface area (Å²) in [6, 6.07) is 17.8. The molecule has 0 fully saturated rings. The maximum absolute atomic E-state index is 13.1. The number of ether oxygens (including phenoxy) is 1. The predicted molar refractivity (Wildman–Crippen MR) is 135 cm³/mol. The van der Waals surface area contributed by atoms with Crippen molar-refractivity contribution < 1.29 is 17.9 Å². The van der Waals surface area contributed by atoms with Gasteiger partial charge in [0, 0.05) is 11.6 Å². The van der Waals surface area contributed by atoms with Gasteiger partial charge in [-0.2, -0.15) is 10.4 Å². The lowest BCUT2D eigenvalue weighted by atomic mass is 10.2. The van der Waals surface area contributed by atoms with E-state index in [1.54, 1.807) is 54.6 Å². The van der Waals surface area contributed by atoms with E-state index in [1.165, 1.54) is 22.3 Å². The third-order valence-electron chi connectivity index (χ3n) is 4.95. The summed E-state index contributed by atoms with van der Waals surface area (Å²) in [4.78, 5) is 10.9. The largest absolute Gasteiger partial charge is 0.454 e. The second-order valence-corrected chi connectivity index (χ2v) is 9.99. The van der Waals surface area contributed by atoms with Crippen LogP contribution in [0.2, 0.25) is 10.0 Å². The van der Waals surface area contributed by atoms with Gasteiger partial charge in [-0.3, -0.25) is 10.2 Å². The highest BCUT2D eigenvalue weighted by atomic mass is 35.5. The molecule has 3 aromatic carbocycles. The number of carbonyl (C=O) groups is 1. The molecule has 1 aromatic heterocycles. The van der Waals surface area contributed by atoms with Crippen molar-refractivity contribution in [1.29, 1.82) is 5.26 Å². The zero-order chi connectivity index (χ0) is 25.2. The fourth-order valence-electron chi connectivity index (χ4n) is 3.23. The molecular weight excluding hydrogens is 511 g/mol. The van der Waals surface area contributed by atoms with Crippen LogP contribution in [0.15, 0.2) is 76.9 Å². The molecule has 0 aliphatic heterocycles. The summed E-state index contributed by atoms with van der Waals surface area (Å²) in [6.45, 7) is 1.89. The molecule has 0 bridgehead atoms. The van der Waals surface area contributed by atoms with E-state index in [0.29, 0.717) is 28.6 Å². The van der Waals surface area contributed by atoms with E-state index >= 15 is 0 Å². The standard InChI is InChI=1S/C24H16Cl2N4O4S/c1-15-2-5-20(6-3-15)35(32,33)30-9-8-16-10-19(4-7-23(16)30)34-24-21(25)11-17(12-22(24)26)28-29-18(13-27)14-31/h2-12,14,28H,1H3. The van der Waals surface area contributed by atoms with Gasteiger partial charge in [0.2, 0.25) is 0 Å². The van der Waals surface area contributed by atoms with E-state index in [0.717, 1.165) is 5.56 Å². The number of halogens is 2. The molecule has 0 aliphatic rings. The molecule has 4 rings (SSSR count). The molecule has 0 atom stereocenters. The van der Waals surface area contributed by atoms with Crippen LogP contribution in [0, 0.1) is 18.3 Å². The van der Waals surface area contributed by atoms with E-state index in [2.05, 4.69) is 10.5 Å². The number of nitrogens with zero attached hydrogens (tertiary/aromatic N) is 3. The summed E-state index contributed by atoms with van der Waals surface area (Å²) in [7, 11) is -3.77. The van der Waals surface area contributed by atoms with Gasteiger partial charge in [0.25, 0.3) is 10.0 Å².